The van der Waals surface area contributed by atoms with Crippen LogP contribution in [0, 0.1) is 23.4 Å². The van der Waals surface area contributed by atoms with Crippen molar-refractivity contribution in [2.24, 2.45) is 0 Å². The zero-order chi connectivity index (χ0) is 39.6. The van der Waals surface area contributed by atoms with Crippen molar-refractivity contribution in [3.05, 3.63) is 81.1 Å². The molecule has 2 aromatic carbocycles. The number of phenols is 2. The Morgan fingerprint density at radius 1 is 1.02 bits per heavy atom. The van der Waals surface area contributed by atoms with Gasteiger partial charge in [0.2, 0.25) is 11.9 Å². The van der Waals surface area contributed by atoms with E-state index < -0.39 is 124 Å². The molecule has 0 bridgehead atoms. The molecule has 23 heteroatoms. The van der Waals surface area contributed by atoms with Gasteiger partial charge in [-0.3, -0.25) is 24.1 Å². The van der Waals surface area contributed by atoms with Crippen molar-refractivity contribution in [3.63, 3.8) is 0 Å². The summed E-state index contributed by atoms with van der Waals surface area (Å²) in [6, 6.07) is -0.464. The highest BCUT2D eigenvalue weighted by atomic mass is 35.5. The van der Waals surface area contributed by atoms with Crippen LogP contribution >= 0.6 is 11.6 Å². The topological polar surface area (TPSA) is 248 Å². The SMILES string of the molecule is O=C(NCCCN1CCN(C(=O)NC(C(=O)N[C@H]2Cc3ccc(F)c(C(=O)O)c3OB2O)c2cc(F)c(O)c(O)c2Cl)C(=O)C1=O)c1cc(F)ncc1F. The van der Waals surface area contributed by atoms with Gasteiger partial charge in [0.05, 0.1) is 22.7 Å². The summed E-state index contributed by atoms with van der Waals surface area (Å²) in [7, 11) is -2.00. The van der Waals surface area contributed by atoms with E-state index in [4.69, 9.17) is 16.3 Å². The van der Waals surface area contributed by atoms with Crippen LogP contribution in [0.4, 0.5) is 22.4 Å². The Morgan fingerprint density at radius 2 is 1.74 bits per heavy atom. The minimum Gasteiger partial charge on any atom is -0.534 e. The van der Waals surface area contributed by atoms with Crippen LogP contribution in [0.25, 0.3) is 0 Å². The number of aromatic nitrogens is 1. The van der Waals surface area contributed by atoms with Crippen molar-refractivity contribution in [1.82, 2.24) is 30.7 Å². The number of carbonyl (C=O) groups excluding carboxylic acids is 5. The van der Waals surface area contributed by atoms with E-state index in [2.05, 4.69) is 20.9 Å². The molecular formula is C31H26BClF4N6O11. The standard InChI is InChI=1S/C31H26BClF4N6O11/c33-21-14(9-16(35)23(44)24(21)45)22(27(47)40-18-8-12-2-3-15(34)20(30(50)51)25(12)54-32(18)53)41-31(52)43-7-6-42(28(48)29(43)49)5-1-4-38-26(46)13-10-19(37)39-11-17(13)36/h2-3,9-11,18,22,44-45,53H,1,4-8H2,(H,38,46)(H,40,47)(H,41,52)(H,50,51)/t18-,22?/m0/s1. The number of rotatable bonds is 10. The fraction of sp³-hybridized carbons (Fsp3) is 0.258. The first-order valence-electron chi connectivity index (χ1n) is 15.6. The predicted octanol–water partition coefficient (Wildman–Crippen LogP) is 0.782. The molecule has 5 rings (SSSR count). The molecule has 2 aliphatic heterocycles. The van der Waals surface area contributed by atoms with Crippen molar-refractivity contribution < 1.29 is 71.3 Å². The Morgan fingerprint density at radius 3 is 2.44 bits per heavy atom. The minimum atomic E-state index is -2.11. The summed E-state index contributed by atoms with van der Waals surface area (Å²) in [6.45, 7) is -0.958. The molecule has 54 heavy (non-hydrogen) atoms. The maximum absolute atomic E-state index is 14.6. The van der Waals surface area contributed by atoms with Crippen molar-refractivity contribution in [3.8, 4) is 17.2 Å². The molecule has 0 radical (unpaired) electrons. The van der Waals surface area contributed by atoms with Crippen molar-refractivity contribution in [2.75, 3.05) is 26.2 Å². The van der Waals surface area contributed by atoms with Crippen molar-refractivity contribution >= 4 is 54.3 Å². The third-order valence-electron chi connectivity index (χ3n) is 8.30. The number of nitrogens with zero attached hydrogens (tertiary/aromatic N) is 3. The number of carbonyl (C=O) groups is 6. The van der Waals surface area contributed by atoms with Crippen LogP contribution in [0.5, 0.6) is 17.2 Å². The first-order valence-corrected chi connectivity index (χ1v) is 16.0. The van der Waals surface area contributed by atoms with E-state index in [-0.39, 0.29) is 38.0 Å². The Balaban J connectivity index is 1.28. The van der Waals surface area contributed by atoms with Gasteiger partial charge in [-0.15, -0.1) is 0 Å². The summed E-state index contributed by atoms with van der Waals surface area (Å²) >= 11 is 6.10. The number of fused-ring (bicyclic) bond motifs is 1. The van der Waals surface area contributed by atoms with Crippen molar-refractivity contribution in [1.29, 1.82) is 0 Å². The number of hydrogen-bond acceptors (Lipinski definition) is 11. The van der Waals surface area contributed by atoms with Gasteiger partial charge in [0.15, 0.2) is 23.1 Å². The van der Waals surface area contributed by atoms with Gasteiger partial charge in [-0.2, -0.15) is 4.39 Å². The van der Waals surface area contributed by atoms with Crippen LogP contribution in [0.3, 0.4) is 0 Å². The monoisotopic (exact) mass is 780 g/mol. The van der Waals surface area contributed by atoms with Crippen LogP contribution in [-0.4, -0.2) is 110 Å². The predicted molar refractivity (Wildman–Crippen MR) is 173 cm³/mol. The van der Waals surface area contributed by atoms with Crippen molar-refractivity contribution in [2.45, 2.75) is 24.8 Å². The molecule has 7 N–H and O–H groups in total. The Hall–Kier alpha value is -6.16. The Bertz CT molecular complexity index is 2080. The number of carboxylic acid groups (broad SMARTS) is 1. The molecule has 0 spiro atoms. The zero-order valence-electron chi connectivity index (χ0n) is 27.2. The van der Waals surface area contributed by atoms with E-state index in [0.29, 0.717) is 23.2 Å². The van der Waals surface area contributed by atoms with E-state index in [1.165, 1.54) is 0 Å². The quantitative estimate of drug-likeness (QED) is 0.0377. The number of aromatic hydroxyl groups is 2. The highest BCUT2D eigenvalue weighted by Gasteiger charge is 2.42. The minimum absolute atomic E-state index is 0.0383. The summed E-state index contributed by atoms with van der Waals surface area (Å²) in [4.78, 5) is 81.2. The molecule has 0 saturated carbocycles. The second kappa shape index (κ2) is 15.8. The molecule has 17 nitrogen and oxygen atoms in total. The first kappa shape index (κ1) is 39.1. The molecular weight excluding hydrogens is 755 g/mol. The second-order valence-electron chi connectivity index (χ2n) is 11.7. The number of amides is 6. The normalized spacial score (nSPS) is 16.0. The molecule has 1 saturated heterocycles. The number of urea groups is 1. The molecule has 3 aromatic rings. The third kappa shape index (κ3) is 7.93. The van der Waals surface area contributed by atoms with Gasteiger partial charge in [-0.1, -0.05) is 17.7 Å². The van der Waals surface area contributed by atoms with Gasteiger partial charge in [0.1, 0.15) is 23.2 Å². The lowest BCUT2D eigenvalue weighted by Gasteiger charge is -2.34. The number of aromatic carboxylic acids is 1. The molecule has 6 amide bonds. The molecule has 3 heterocycles. The lowest BCUT2D eigenvalue weighted by Crippen LogP contribution is -2.60. The maximum atomic E-state index is 14.6. The number of pyridine rings is 1. The zero-order valence-corrected chi connectivity index (χ0v) is 28.0. The fourth-order valence-corrected chi connectivity index (χ4v) is 5.83. The maximum Gasteiger partial charge on any atom is 0.547 e. The van der Waals surface area contributed by atoms with Crippen LogP contribution < -0.4 is 20.6 Å². The lowest BCUT2D eigenvalue weighted by atomic mass is 9.72. The van der Waals surface area contributed by atoms with Crippen LogP contribution in [0.15, 0.2) is 30.5 Å². The summed E-state index contributed by atoms with van der Waals surface area (Å²) in [5, 5.41) is 45.9. The second-order valence-corrected chi connectivity index (χ2v) is 12.1. The van der Waals surface area contributed by atoms with Gasteiger partial charge in [0.25, 0.3) is 5.91 Å². The average molecular weight is 781 g/mol. The number of halogens is 5. The van der Waals surface area contributed by atoms with Gasteiger partial charge in [-0.05, 0) is 30.5 Å². The smallest absolute Gasteiger partial charge is 0.534 e. The molecule has 2 aliphatic rings. The van der Waals surface area contributed by atoms with E-state index in [1.54, 1.807) is 0 Å². The Labute approximate surface area is 305 Å². The number of phenolic OH excluding ortho intramolecular Hbond substituents is 2. The molecule has 2 atom stereocenters. The number of hydrogen-bond donors (Lipinski definition) is 7. The van der Waals surface area contributed by atoms with Crippen LogP contribution in [0.1, 0.15) is 44.3 Å². The number of benzene rings is 2. The van der Waals surface area contributed by atoms with E-state index in [1.807, 2.05) is 0 Å². The number of piperazine rings is 1. The molecule has 284 valence electrons. The summed E-state index contributed by atoms with van der Waals surface area (Å²) < 4.78 is 61.1. The van der Waals surface area contributed by atoms with Crippen LogP contribution in [0.2, 0.25) is 5.02 Å². The van der Waals surface area contributed by atoms with Crippen LogP contribution in [-0.2, 0) is 20.8 Å². The van der Waals surface area contributed by atoms with Gasteiger partial charge < -0.3 is 45.8 Å². The van der Waals surface area contributed by atoms with E-state index >= 15 is 0 Å². The number of nitrogens with one attached hydrogen (secondary N) is 3. The highest BCUT2D eigenvalue weighted by Crippen LogP contribution is 2.40. The third-order valence-corrected chi connectivity index (χ3v) is 8.70. The highest BCUT2D eigenvalue weighted by molar-refractivity contribution is 6.47. The van der Waals surface area contributed by atoms with E-state index in [0.717, 1.165) is 17.0 Å². The molecule has 0 aliphatic carbocycles. The first-order chi connectivity index (χ1) is 25.5. The number of carboxylic acids is 1. The number of imide groups is 1. The average Bonchev–Trinajstić information content (AvgIpc) is 3.12. The molecule has 1 fully saturated rings. The molecule has 1 aromatic heterocycles. The van der Waals surface area contributed by atoms with Gasteiger partial charge >= 0.3 is 30.9 Å². The largest absolute Gasteiger partial charge is 0.547 e. The Kier molecular flexibility index (Phi) is 11.5. The lowest BCUT2D eigenvalue weighted by molar-refractivity contribution is -0.153. The fourth-order valence-electron chi connectivity index (χ4n) is 5.58. The van der Waals surface area contributed by atoms with E-state index in [9.17, 15) is 66.7 Å². The summed E-state index contributed by atoms with van der Waals surface area (Å²) in [5.41, 5.74) is -2.11. The van der Waals surface area contributed by atoms with Gasteiger partial charge in [-0.25, -0.2) is 27.7 Å². The van der Waals surface area contributed by atoms with Gasteiger partial charge in [0, 0.05) is 37.8 Å². The summed E-state index contributed by atoms with van der Waals surface area (Å²) in [5.74, 6) is -15.8. The summed E-state index contributed by atoms with van der Waals surface area (Å²) in [6.07, 6.45) is 0.208. The molecule has 1 unspecified atom stereocenters.